The van der Waals surface area contributed by atoms with Crippen LogP contribution in [-0.2, 0) is 0 Å². The topological polar surface area (TPSA) is 29.3 Å². The second-order valence-corrected chi connectivity index (χ2v) is 6.35. The van der Waals surface area contributed by atoms with Crippen molar-refractivity contribution >= 4 is 0 Å². The van der Waals surface area contributed by atoms with Crippen LogP contribution >= 0.6 is 0 Å². The van der Waals surface area contributed by atoms with Crippen molar-refractivity contribution in [3.8, 4) is 0 Å². The third-order valence-electron chi connectivity index (χ3n) is 3.33. The Morgan fingerprint density at radius 2 is 1.44 bits per heavy atom. The highest BCUT2D eigenvalue weighted by Gasteiger charge is 2.33. The molecule has 0 heterocycles. The van der Waals surface area contributed by atoms with Crippen molar-refractivity contribution in [1.29, 1.82) is 0 Å². The predicted molar refractivity (Wildman–Crippen MR) is 73.7 cm³/mol. The standard InChI is InChI=1S/C14H32N2/c1-7-9-14(11-15,10-8-2)16(6)12-13(3,4)5/h7-12,15H2,1-6H3. The van der Waals surface area contributed by atoms with Crippen LogP contribution < -0.4 is 5.73 Å². The molecule has 0 aromatic heterocycles. The minimum absolute atomic E-state index is 0.219. The molecule has 0 saturated carbocycles. The molecular weight excluding hydrogens is 196 g/mol. The smallest absolute Gasteiger partial charge is 0.0328 e. The summed E-state index contributed by atoms with van der Waals surface area (Å²) in [6, 6.07) is 0. The predicted octanol–water partition coefficient (Wildman–Crippen LogP) is 3.26. The molecule has 0 aliphatic rings. The largest absolute Gasteiger partial charge is 0.329 e. The third-order valence-corrected chi connectivity index (χ3v) is 3.33. The number of rotatable bonds is 7. The van der Waals surface area contributed by atoms with E-state index < -0.39 is 0 Å². The summed E-state index contributed by atoms with van der Waals surface area (Å²) in [6.07, 6.45) is 4.85. The van der Waals surface area contributed by atoms with Crippen LogP contribution in [0.5, 0.6) is 0 Å². The summed E-state index contributed by atoms with van der Waals surface area (Å²) >= 11 is 0. The fraction of sp³-hybridized carbons (Fsp3) is 1.00. The van der Waals surface area contributed by atoms with E-state index in [1.165, 1.54) is 25.7 Å². The molecule has 0 bridgehead atoms. The van der Waals surface area contributed by atoms with E-state index in [4.69, 9.17) is 5.73 Å². The fourth-order valence-electron chi connectivity index (χ4n) is 2.68. The minimum atomic E-state index is 0.219. The molecular formula is C14H32N2. The Kier molecular flexibility index (Phi) is 6.57. The lowest BCUT2D eigenvalue weighted by Gasteiger charge is -2.44. The van der Waals surface area contributed by atoms with Crippen LogP contribution in [0, 0.1) is 5.41 Å². The normalized spacial score (nSPS) is 13.5. The summed E-state index contributed by atoms with van der Waals surface area (Å²) in [4.78, 5) is 2.50. The van der Waals surface area contributed by atoms with Gasteiger partial charge in [-0.3, -0.25) is 4.90 Å². The van der Waals surface area contributed by atoms with Crippen molar-refractivity contribution in [2.75, 3.05) is 20.1 Å². The molecule has 0 atom stereocenters. The van der Waals surface area contributed by atoms with Crippen molar-refractivity contribution in [3.63, 3.8) is 0 Å². The molecule has 0 fully saturated rings. The molecule has 0 radical (unpaired) electrons. The first-order valence-electron chi connectivity index (χ1n) is 6.72. The van der Waals surface area contributed by atoms with E-state index in [1.807, 2.05) is 0 Å². The average molecular weight is 228 g/mol. The molecule has 0 amide bonds. The lowest BCUT2D eigenvalue weighted by molar-refractivity contribution is 0.0691. The summed E-state index contributed by atoms with van der Waals surface area (Å²) < 4.78 is 0. The van der Waals surface area contributed by atoms with Gasteiger partial charge in [-0.15, -0.1) is 0 Å². The second-order valence-electron chi connectivity index (χ2n) is 6.35. The van der Waals surface area contributed by atoms with Gasteiger partial charge in [-0.2, -0.15) is 0 Å². The van der Waals surface area contributed by atoms with Crippen LogP contribution in [0.15, 0.2) is 0 Å². The average Bonchev–Trinajstić information content (AvgIpc) is 2.14. The molecule has 16 heavy (non-hydrogen) atoms. The third kappa shape index (κ3) is 4.84. The van der Waals surface area contributed by atoms with E-state index in [0.29, 0.717) is 5.41 Å². The Morgan fingerprint density at radius 1 is 1.00 bits per heavy atom. The highest BCUT2D eigenvalue weighted by Crippen LogP contribution is 2.28. The van der Waals surface area contributed by atoms with Gasteiger partial charge in [0.05, 0.1) is 0 Å². The maximum atomic E-state index is 6.06. The van der Waals surface area contributed by atoms with E-state index in [0.717, 1.165) is 13.1 Å². The summed E-state index contributed by atoms with van der Waals surface area (Å²) in [5, 5.41) is 0. The Morgan fingerprint density at radius 3 is 1.69 bits per heavy atom. The van der Waals surface area contributed by atoms with Gasteiger partial charge in [0, 0.05) is 18.6 Å². The van der Waals surface area contributed by atoms with Gasteiger partial charge >= 0.3 is 0 Å². The number of hydrogen-bond donors (Lipinski definition) is 1. The van der Waals surface area contributed by atoms with Crippen LogP contribution in [0.4, 0.5) is 0 Å². The van der Waals surface area contributed by atoms with Crippen LogP contribution in [0.3, 0.4) is 0 Å². The van der Waals surface area contributed by atoms with Gasteiger partial charge < -0.3 is 5.73 Å². The van der Waals surface area contributed by atoms with Crippen LogP contribution in [0.1, 0.15) is 60.3 Å². The van der Waals surface area contributed by atoms with Gasteiger partial charge in [-0.25, -0.2) is 0 Å². The molecule has 2 nitrogen and oxygen atoms in total. The maximum Gasteiger partial charge on any atom is 0.0328 e. The summed E-state index contributed by atoms with van der Waals surface area (Å²) in [6.45, 7) is 13.3. The van der Waals surface area contributed by atoms with E-state index in [-0.39, 0.29) is 5.54 Å². The van der Waals surface area contributed by atoms with E-state index in [1.54, 1.807) is 0 Å². The first kappa shape index (κ1) is 15.9. The van der Waals surface area contributed by atoms with E-state index in [9.17, 15) is 0 Å². The molecule has 0 unspecified atom stereocenters. The lowest BCUT2D eigenvalue weighted by atomic mass is 9.84. The van der Waals surface area contributed by atoms with Crippen molar-refractivity contribution in [2.45, 2.75) is 65.8 Å². The summed E-state index contributed by atoms with van der Waals surface area (Å²) in [7, 11) is 2.24. The van der Waals surface area contributed by atoms with Crippen molar-refractivity contribution in [1.82, 2.24) is 4.90 Å². The molecule has 0 aliphatic carbocycles. The van der Waals surface area contributed by atoms with Gasteiger partial charge in [-0.1, -0.05) is 47.5 Å². The zero-order valence-electron chi connectivity index (χ0n) is 12.3. The lowest BCUT2D eigenvalue weighted by Crippen LogP contribution is -2.54. The highest BCUT2D eigenvalue weighted by atomic mass is 15.2. The van der Waals surface area contributed by atoms with Crippen LogP contribution in [0.25, 0.3) is 0 Å². The SMILES string of the molecule is CCCC(CN)(CCC)N(C)CC(C)(C)C. The Bertz CT molecular complexity index is 176. The first-order valence-corrected chi connectivity index (χ1v) is 6.72. The van der Waals surface area contributed by atoms with Gasteiger partial charge in [0.1, 0.15) is 0 Å². The molecule has 0 rings (SSSR count). The minimum Gasteiger partial charge on any atom is -0.329 e. The molecule has 2 N–H and O–H groups in total. The van der Waals surface area contributed by atoms with E-state index in [2.05, 4.69) is 46.6 Å². The summed E-state index contributed by atoms with van der Waals surface area (Å²) in [5.74, 6) is 0. The quantitative estimate of drug-likeness (QED) is 0.724. The molecule has 0 saturated heterocycles. The van der Waals surface area contributed by atoms with Crippen LogP contribution in [0.2, 0.25) is 0 Å². The molecule has 0 spiro atoms. The molecule has 0 aromatic rings. The number of nitrogens with two attached hydrogens (primary N) is 1. The zero-order chi connectivity index (χ0) is 12.8. The van der Waals surface area contributed by atoms with Crippen molar-refractivity contribution in [2.24, 2.45) is 11.1 Å². The van der Waals surface area contributed by atoms with Crippen molar-refractivity contribution < 1.29 is 0 Å². The van der Waals surface area contributed by atoms with Crippen LogP contribution in [-0.4, -0.2) is 30.6 Å². The van der Waals surface area contributed by atoms with Crippen molar-refractivity contribution in [3.05, 3.63) is 0 Å². The Hall–Kier alpha value is -0.0800. The number of nitrogens with zero attached hydrogens (tertiary/aromatic N) is 1. The molecule has 98 valence electrons. The van der Waals surface area contributed by atoms with Gasteiger partial charge in [0.15, 0.2) is 0 Å². The number of likely N-dealkylation sites (N-methyl/N-ethyl adjacent to an activating group) is 1. The van der Waals surface area contributed by atoms with Gasteiger partial charge in [0.2, 0.25) is 0 Å². The second kappa shape index (κ2) is 6.61. The molecule has 0 aliphatic heterocycles. The number of hydrogen-bond acceptors (Lipinski definition) is 2. The highest BCUT2D eigenvalue weighted by molar-refractivity contribution is 4.91. The Balaban J connectivity index is 4.71. The van der Waals surface area contributed by atoms with Gasteiger partial charge in [-0.05, 0) is 25.3 Å². The molecule has 0 aromatic carbocycles. The van der Waals surface area contributed by atoms with E-state index >= 15 is 0 Å². The summed E-state index contributed by atoms with van der Waals surface area (Å²) in [5.41, 5.74) is 6.62. The fourth-order valence-corrected chi connectivity index (χ4v) is 2.68. The Labute approximate surface area is 103 Å². The maximum absolute atomic E-state index is 6.06. The zero-order valence-corrected chi connectivity index (χ0v) is 12.3. The first-order chi connectivity index (χ1) is 7.31. The van der Waals surface area contributed by atoms with Gasteiger partial charge in [0.25, 0.3) is 0 Å². The monoisotopic (exact) mass is 228 g/mol. The molecule has 2 heteroatoms.